The van der Waals surface area contributed by atoms with Crippen molar-refractivity contribution < 1.29 is 14.0 Å². The smallest absolute Gasteiger partial charge is 0.251 e. The molecule has 0 radical (unpaired) electrons. The molecule has 2 amide bonds. The zero-order chi connectivity index (χ0) is 31.2. The molecule has 0 fully saturated rings. The van der Waals surface area contributed by atoms with E-state index in [2.05, 4.69) is 32.0 Å². The Hall–Kier alpha value is -4.71. The van der Waals surface area contributed by atoms with E-state index in [-0.39, 0.29) is 35.8 Å². The summed E-state index contributed by atoms with van der Waals surface area (Å²) in [6.45, 7) is 2.99. The van der Waals surface area contributed by atoms with Crippen LogP contribution in [0.15, 0.2) is 76.7 Å². The number of halogens is 1. The molecule has 230 valence electrons. The van der Waals surface area contributed by atoms with E-state index in [1.54, 1.807) is 0 Å². The lowest BCUT2D eigenvalue weighted by atomic mass is 10.0. The van der Waals surface area contributed by atoms with Crippen LogP contribution < -0.4 is 38.9 Å². The van der Waals surface area contributed by atoms with Crippen LogP contribution >= 0.6 is 0 Å². The predicted octanol–water partition coefficient (Wildman–Crippen LogP) is 2.02. The van der Waals surface area contributed by atoms with Gasteiger partial charge in [-0.2, -0.15) is 0 Å². The van der Waals surface area contributed by atoms with Gasteiger partial charge in [0, 0.05) is 31.2 Å². The molecule has 0 aromatic heterocycles. The maximum atomic E-state index is 13.5. The van der Waals surface area contributed by atoms with Crippen LogP contribution in [0.1, 0.15) is 54.6 Å². The van der Waals surface area contributed by atoms with Crippen LogP contribution in [0.4, 0.5) is 4.39 Å². The highest BCUT2D eigenvalue weighted by molar-refractivity contribution is 5.94. The number of aliphatic imine (C=N–C) groups is 2. The first-order valence-corrected chi connectivity index (χ1v) is 14.3. The Morgan fingerprint density at radius 2 is 1.44 bits per heavy atom. The standard InChI is InChI=1S/C31H42FN9O2/c1-20(23-11-10-21-6-2-3-7-24(21)18-23)40-29(43)27(9-5-17-38-31(35)36)39-19-26(8-4-16-37-30(33)34)41-28(42)22-12-14-25(32)15-13-22/h2-3,6-7,10-15,18,20,26-27,39H,4-5,8-9,16-17,19H2,1H3,(H,40,43)(H,41,42)(H4,33,34,37)(H4,35,36,38)/t20-,26-,27-/m0/s1. The van der Waals surface area contributed by atoms with Gasteiger partial charge in [-0.15, -0.1) is 0 Å². The summed E-state index contributed by atoms with van der Waals surface area (Å²) in [7, 11) is 0. The molecular weight excluding hydrogens is 549 g/mol. The Bertz CT molecular complexity index is 1400. The topological polar surface area (TPSA) is 199 Å². The third-order valence-electron chi connectivity index (χ3n) is 6.95. The summed E-state index contributed by atoms with van der Waals surface area (Å²) in [5, 5.41) is 11.6. The Labute approximate surface area is 251 Å². The van der Waals surface area contributed by atoms with Gasteiger partial charge in [0.1, 0.15) is 5.82 Å². The Morgan fingerprint density at radius 3 is 2.09 bits per heavy atom. The van der Waals surface area contributed by atoms with Gasteiger partial charge in [-0.3, -0.25) is 19.6 Å². The molecule has 0 heterocycles. The lowest BCUT2D eigenvalue weighted by Gasteiger charge is -2.25. The third-order valence-corrected chi connectivity index (χ3v) is 6.95. The van der Waals surface area contributed by atoms with E-state index in [0.29, 0.717) is 50.9 Å². The molecule has 11 nitrogen and oxygen atoms in total. The first kappa shape index (κ1) is 32.8. The van der Waals surface area contributed by atoms with E-state index in [1.807, 2.05) is 43.3 Å². The number of amides is 2. The molecule has 11 N–H and O–H groups in total. The monoisotopic (exact) mass is 591 g/mol. The molecule has 0 aliphatic rings. The average Bonchev–Trinajstić information content (AvgIpc) is 2.98. The van der Waals surface area contributed by atoms with Gasteiger partial charge in [0.25, 0.3) is 5.91 Å². The van der Waals surface area contributed by atoms with Gasteiger partial charge in [0.15, 0.2) is 11.9 Å². The maximum absolute atomic E-state index is 13.5. The molecule has 0 unspecified atom stereocenters. The zero-order valence-corrected chi connectivity index (χ0v) is 24.4. The summed E-state index contributed by atoms with van der Waals surface area (Å²) in [6, 6.07) is 18.3. The van der Waals surface area contributed by atoms with Gasteiger partial charge >= 0.3 is 0 Å². The minimum Gasteiger partial charge on any atom is -0.370 e. The van der Waals surface area contributed by atoms with E-state index in [0.717, 1.165) is 16.3 Å². The number of carbonyl (C=O) groups is 2. The van der Waals surface area contributed by atoms with Crippen LogP contribution in [0, 0.1) is 5.82 Å². The van der Waals surface area contributed by atoms with Crippen LogP contribution in [0.25, 0.3) is 10.8 Å². The van der Waals surface area contributed by atoms with Crippen molar-refractivity contribution in [2.75, 3.05) is 19.6 Å². The van der Waals surface area contributed by atoms with Crippen molar-refractivity contribution in [1.82, 2.24) is 16.0 Å². The number of rotatable bonds is 16. The Kier molecular flexibility index (Phi) is 12.7. The fourth-order valence-electron chi connectivity index (χ4n) is 4.63. The molecule has 3 atom stereocenters. The number of carbonyl (C=O) groups excluding carboxylic acids is 2. The van der Waals surface area contributed by atoms with Crippen molar-refractivity contribution in [2.24, 2.45) is 32.9 Å². The van der Waals surface area contributed by atoms with Crippen molar-refractivity contribution >= 4 is 34.5 Å². The molecule has 0 spiro atoms. The predicted molar refractivity (Wildman–Crippen MR) is 170 cm³/mol. The SMILES string of the molecule is C[C@H](NC(=O)[C@H](CCCN=C(N)N)NC[C@H](CCCN=C(N)N)NC(=O)c1ccc(F)cc1)c1ccc2ccccc2c1. The van der Waals surface area contributed by atoms with Gasteiger partial charge < -0.3 is 38.9 Å². The first-order valence-electron chi connectivity index (χ1n) is 14.3. The second kappa shape index (κ2) is 16.7. The highest BCUT2D eigenvalue weighted by atomic mass is 19.1. The second-order valence-corrected chi connectivity index (χ2v) is 10.4. The van der Waals surface area contributed by atoms with Gasteiger partial charge in [0.05, 0.1) is 12.1 Å². The first-order chi connectivity index (χ1) is 20.6. The number of hydrogen-bond donors (Lipinski definition) is 7. The summed E-state index contributed by atoms with van der Waals surface area (Å²) >= 11 is 0. The van der Waals surface area contributed by atoms with Crippen molar-refractivity contribution in [2.45, 2.75) is 50.7 Å². The third kappa shape index (κ3) is 11.2. The highest BCUT2D eigenvalue weighted by Gasteiger charge is 2.22. The lowest BCUT2D eigenvalue weighted by molar-refractivity contribution is -0.124. The number of nitrogens with zero attached hydrogens (tertiary/aromatic N) is 2. The van der Waals surface area contributed by atoms with E-state index in [9.17, 15) is 14.0 Å². The van der Waals surface area contributed by atoms with Crippen molar-refractivity contribution in [3.05, 3.63) is 83.7 Å². The highest BCUT2D eigenvalue weighted by Crippen LogP contribution is 2.20. The van der Waals surface area contributed by atoms with E-state index in [1.165, 1.54) is 24.3 Å². The molecule has 0 aliphatic carbocycles. The number of benzene rings is 3. The lowest BCUT2D eigenvalue weighted by Crippen LogP contribution is -2.50. The van der Waals surface area contributed by atoms with Crippen molar-refractivity contribution in [3.63, 3.8) is 0 Å². The fraction of sp³-hybridized carbons (Fsp3) is 0.355. The van der Waals surface area contributed by atoms with Gasteiger partial charge in [-0.05, 0) is 79.3 Å². The zero-order valence-electron chi connectivity index (χ0n) is 24.4. The summed E-state index contributed by atoms with van der Waals surface area (Å²) in [6.07, 6.45) is 2.14. The summed E-state index contributed by atoms with van der Waals surface area (Å²) < 4.78 is 13.4. The maximum Gasteiger partial charge on any atom is 0.251 e. The summed E-state index contributed by atoms with van der Waals surface area (Å²) in [5.74, 6) is -0.993. The minimum atomic E-state index is -0.583. The average molecular weight is 592 g/mol. The molecule has 0 bridgehead atoms. The summed E-state index contributed by atoms with van der Waals surface area (Å²) in [4.78, 5) is 34.5. The number of nitrogens with one attached hydrogen (secondary N) is 3. The molecule has 0 saturated heterocycles. The quantitative estimate of drug-likeness (QED) is 0.0750. The van der Waals surface area contributed by atoms with Crippen LogP contribution in [-0.2, 0) is 4.79 Å². The second-order valence-electron chi connectivity index (χ2n) is 10.4. The molecule has 0 saturated carbocycles. The molecule has 43 heavy (non-hydrogen) atoms. The van der Waals surface area contributed by atoms with E-state index >= 15 is 0 Å². The number of guanidine groups is 2. The molecule has 3 aromatic carbocycles. The van der Waals surface area contributed by atoms with Crippen LogP contribution in [0.2, 0.25) is 0 Å². The van der Waals surface area contributed by atoms with E-state index in [4.69, 9.17) is 22.9 Å². The molecule has 3 rings (SSSR count). The number of hydrogen-bond acceptors (Lipinski definition) is 5. The number of nitrogens with two attached hydrogens (primary N) is 4. The fourth-order valence-corrected chi connectivity index (χ4v) is 4.63. The normalized spacial score (nSPS) is 13.0. The van der Waals surface area contributed by atoms with E-state index < -0.39 is 11.9 Å². The Morgan fingerprint density at radius 1 is 0.814 bits per heavy atom. The molecule has 0 aliphatic heterocycles. The minimum absolute atomic E-state index is 0.0109. The van der Waals surface area contributed by atoms with Crippen LogP contribution in [-0.4, -0.2) is 55.5 Å². The van der Waals surface area contributed by atoms with Gasteiger partial charge in [-0.1, -0.05) is 36.4 Å². The largest absolute Gasteiger partial charge is 0.370 e. The molecular formula is C31H42FN9O2. The Balaban J connectivity index is 1.70. The summed E-state index contributed by atoms with van der Waals surface area (Å²) in [5.41, 5.74) is 23.1. The molecule has 3 aromatic rings. The van der Waals surface area contributed by atoms with Gasteiger partial charge in [0.2, 0.25) is 5.91 Å². The van der Waals surface area contributed by atoms with Crippen LogP contribution in [0.5, 0.6) is 0 Å². The van der Waals surface area contributed by atoms with Crippen molar-refractivity contribution in [1.29, 1.82) is 0 Å². The molecule has 12 heteroatoms. The van der Waals surface area contributed by atoms with Crippen LogP contribution in [0.3, 0.4) is 0 Å². The van der Waals surface area contributed by atoms with Crippen molar-refractivity contribution in [3.8, 4) is 0 Å². The number of fused-ring (bicyclic) bond motifs is 1. The van der Waals surface area contributed by atoms with Gasteiger partial charge in [-0.25, -0.2) is 4.39 Å².